The van der Waals surface area contributed by atoms with Gasteiger partial charge in [-0.15, -0.1) is 0 Å². The molecule has 2 aromatic carbocycles. The molecule has 1 N–H and O–H groups in total. The van der Waals surface area contributed by atoms with Crippen molar-refractivity contribution in [3.05, 3.63) is 64.3 Å². The molecule has 2 aromatic rings. The first-order valence-corrected chi connectivity index (χ1v) is 13.3. The molecule has 1 aliphatic rings. The third-order valence-electron chi connectivity index (χ3n) is 5.64. The van der Waals surface area contributed by atoms with E-state index in [2.05, 4.69) is 67.8 Å². The second-order valence-electron chi connectivity index (χ2n) is 8.18. The molecule has 166 valence electrons. The molecule has 0 radical (unpaired) electrons. The van der Waals surface area contributed by atoms with Crippen LogP contribution in [0.3, 0.4) is 0 Å². The quantitative estimate of drug-likeness (QED) is 0.263. The SMILES string of the molecule is CC(C)(OC(=O)c1cc(I)cc(I)c1I)C1CC[NH+](C(=O)OCc2ccccc2)CC1. The van der Waals surface area contributed by atoms with E-state index in [1.807, 2.05) is 56.3 Å². The summed E-state index contributed by atoms with van der Waals surface area (Å²) in [5.41, 5.74) is 0.988. The number of likely N-dealkylation sites (tertiary alicyclic amines) is 1. The first-order chi connectivity index (χ1) is 14.7. The van der Waals surface area contributed by atoms with Gasteiger partial charge in [-0.05, 0) is 99.3 Å². The zero-order valence-electron chi connectivity index (χ0n) is 17.4. The normalized spacial score (nSPS) is 19.0. The molecule has 0 saturated carbocycles. The van der Waals surface area contributed by atoms with Crippen LogP contribution in [-0.4, -0.2) is 30.8 Å². The molecule has 0 aromatic heterocycles. The molecule has 1 amide bonds. The Morgan fingerprint density at radius 2 is 1.71 bits per heavy atom. The number of esters is 1. The van der Waals surface area contributed by atoms with Gasteiger partial charge >= 0.3 is 12.1 Å². The number of alkyl carbamates (subject to hydrolysis) is 2. The van der Waals surface area contributed by atoms with E-state index < -0.39 is 5.60 Å². The zero-order chi connectivity index (χ0) is 22.6. The van der Waals surface area contributed by atoms with Crippen LogP contribution in [0.4, 0.5) is 4.79 Å². The number of hydrogen-bond acceptors (Lipinski definition) is 4. The molecule has 0 bridgehead atoms. The summed E-state index contributed by atoms with van der Waals surface area (Å²) in [4.78, 5) is 26.2. The molecule has 3 rings (SSSR count). The number of quaternary nitrogens is 1. The number of hydrogen-bond donors (Lipinski definition) is 1. The Kier molecular flexibility index (Phi) is 9.01. The van der Waals surface area contributed by atoms with E-state index in [0.29, 0.717) is 25.3 Å². The Bertz CT molecular complexity index is 941. The van der Waals surface area contributed by atoms with Crippen molar-refractivity contribution in [3.63, 3.8) is 0 Å². The lowest BCUT2D eigenvalue weighted by Crippen LogP contribution is -3.15. The predicted molar refractivity (Wildman–Crippen MR) is 144 cm³/mol. The number of piperidine rings is 1. The van der Waals surface area contributed by atoms with Gasteiger partial charge in [-0.2, -0.15) is 4.79 Å². The standard InChI is InChI=1S/C23H24I3NO4/c1-23(2,31-21(28)18-12-17(24)13-19(25)20(18)26)16-8-10-27(11-9-16)22(29)30-14-15-6-4-3-5-7-15/h3-7,12-13,16H,8-11,14H2,1-2H3/p+1. The molecular weight excluding hydrogens is 735 g/mol. The largest absolute Gasteiger partial charge is 0.514 e. The summed E-state index contributed by atoms with van der Waals surface area (Å²) < 4.78 is 14.4. The first kappa shape index (κ1) is 25.2. The summed E-state index contributed by atoms with van der Waals surface area (Å²) in [6.07, 6.45) is 1.40. The van der Waals surface area contributed by atoms with Crippen LogP contribution >= 0.6 is 67.8 Å². The molecular formula is C23H25I3NO4+. The highest BCUT2D eigenvalue weighted by atomic mass is 127. The van der Waals surface area contributed by atoms with Gasteiger partial charge in [0.2, 0.25) is 0 Å². The van der Waals surface area contributed by atoms with Crippen LogP contribution in [0, 0.1) is 16.6 Å². The molecule has 0 atom stereocenters. The van der Waals surface area contributed by atoms with Gasteiger partial charge in [-0.1, -0.05) is 30.3 Å². The highest BCUT2D eigenvalue weighted by Gasteiger charge is 2.39. The van der Waals surface area contributed by atoms with Crippen molar-refractivity contribution >= 4 is 79.8 Å². The second kappa shape index (κ2) is 11.1. The van der Waals surface area contributed by atoms with Crippen LogP contribution in [0.5, 0.6) is 0 Å². The van der Waals surface area contributed by atoms with E-state index in [1.165, 1.54) is 0 Å². The predicted octanol–water partition coefficient (Wildman–Crippen LogP) is 5.07. The minimum atomic E-state index is -0.605. The third-order valence-corrected chi connectivity index (χ3v) is 9.31. The Labute approximate surface area is 224 Å². The van der Waals surface area contributed by atoms with Crippen LogP contribution in [0.2, 0.25) is 0 Å². The third kappa shape index (κ3) is 6.76. The number of amides is 1. The van der Waals surface area contributed by atoms with Crippen LogP contribution in [0.15, 0.2) is 42.5 Å². The number of carbonyl (C=O) groups excluding carboxylic acids is 2. The van der Waals surface area contributed by atoms with E-state index in [0.717, 1.165) is 34.0 Å². The smallest absolute Gasteiger partial charge is 0.456 e. The molecule has 5 nitrogen and oxygen atoms in total. The fourth-order valence-corrected chi connectivity index (χ4v) is 6.15. The van der Waals surface area contributed by atoms with Crippen LogP contribution in [0.1, 0.15) is 42.6 Å². The van der Waals surface area contributed by atoms with Crippen LogP contribution in [-0.2, 0) is 16.1 Å². The first-order valence-electron chi connectivity index (χ1n) is 10.1. The fraction of sp³-hybridized carbons (Fsp3) is 0.391. The van der Waals surface area contributed by atoms with Gasteiger partial charge in [0.15, 0.2) is 0 Å². The maximum atomic E-state index is 12.9. The Morgan fingerprint density at radius 3 is 2.35 bits per heavy atom. The lowest BCUT2D eigenvalue weighted by Gasteiger charge is -2.37. The summed E-state index contributed by atoms with van der Waals surface area (Å²) in [5, 5.41) is 0. The Balaban J connectivity index is 1.54. The number of benzene rings is 2. The summed E-state index contributed by atoms with van der Waals surface area (Å²) >= 11 is 6.66. The Morgan fingerprint density at radius 1 is 1.06 bits per heavy atom. The molecule has 0 unspecified atom stereocenters. The minimum Gasteiger partial charge on any atom is -0.456 e. The van der Waals surface area contributed by atoms with Crippen LogP contribution in [0.25, 0.3) is 0 Å². The maximum absolute atomic E-state index is 12.9. The summed E-state index contributed by atoms with van der Waals surface area (Å²) in [7, 11) is 0. The summed E-state index contributed by atoms with van der Waals surface area (Å²) in [5.74, 6) is -0.0930. The van der Waals surface area contributed by atoms with E-state index >= 15 is 0 Å². The number of nitrogens with one attached hydrogen (secondary N) is 1. The monoisotopic (exact) mass is 760 g/mol. The zero-order valence-corrected chi connectivity index (χ0v) is 23.9. The van der Waals surface area contributed by atoms with E-state index in [1.54, 1.807) is 0 Å². The van der Waals surface area contributed by atoms with Crippen molar-refractivity contribution in [2.45, 2.75) is 38.9 Å². The molecule has 1 aliphatic heterocycles. The number of ether oxygens (including phenoxy) is 2. The lowest BCUT2D eigenvalue weighted by molar-refractivity contribution is -0.832. The minimum absolute atomic E-state index is 0.196. The van der Waals surface area contributed by atoms with E-state index in [-0.39, 0.29) is 18.0 Å². The molecule has 31 heavy (non-hydrogen) atoms. The maximum Gasteiger partial charge on any atom is 0.514 e. The molecule has 1 saturated heterocycles. The van der Waals surface area contributed by atoms with Gasteiger partial charge in [0.25, 0.3) is 0 Å². The molecule has 1 heterocycles. The number of halogens is 3. The molecule has 0 aliphatic carbocycles. The van der Waals surface area contributed by atoms with Crippen molar-refractivity contribution in [2.75, 3.05) is 13.1 Å². The Hall–Kier alpha value is -0.470. The highest BCUT2D eigenvalue weighted by molar-refractivity contribution is 14.1. The lowest BCUT2D eigenvalue weighted by atomic mass is 9.83. The van der Waals surface area contributed by atoms with Gasteiger partial charge in [0, 0.05) is 29.5 Å². The number of rotatable bonds is 5. The van der Waals surface area contributed by atoms with Crippen molar-refractivity contribution < 1.29 is 24.0 Å². The summed E-state index contributed by atoms with van der Waals surface area (Å²) in [6, 6.07) is 13.6. The van der Waals surface area contributed by atoms with Gasteiger partial charge in [-0.25, -0.2) is 9.69 Å². The average Bonchev–Trinajstić information content (AvgIpc) is 2.75. The van der Waals surface area contributed by atoms with Crippen molar-refractivity contribution in [1.82, 2.24) is 0 Å². The van der Waals surface area contributed by atoms with Gasteiger partial charge in [0.05, 0.1) is 18.7 Å². The van der Waals surface area contributed by atoms with E-state index in [4.69, 9.17) is 9.47 Å². The number of carbonyl (C=O) groups is 2. The van der Waals surface area contributed by atoms with Crippen molar-refractivity contribution in [2.24, 2.45) is 5.92 Å². The van der Waals surface area contributed by atoms with Crippen molar-refractivity contribution in [3.8, 4) is 0 Å². The van der Waals surface area contributed by atoms with Gasteiger partial charge in [0.1, 0.15) is 12.2 Å². The van der Waals surface area contributed by atoms with Gasteiger partial charge in [-0.3, -0.25) is 0 Å². The van der Waals surface area contributed by atoms with E-state index in [9.17, 15) is 9.59 Å². The molecule has 0 spiro atoms. The molecule has 8 heteroatoms. The van der Waals surface area contributed by atoms with Crippen LogP contribution < -0.4 is 4.90 Å². The molecule has 1 fully saturated rings. The van der Waals surface area contributed by atoms with Crippen molar-refractivity contribution in [1.29, 1.82) is 0 Å². The second-order valence-corrected chi connectivity index (χ2v) is 11.7. The highest BCUT2D eigenvalue weighted by Crippen LogP contribution is 2.31. The average molecular weight is 760 g/mol. The fourth-order valence-electron chi connectivity index (χ4n) is 3.77. The topological polar surface area (TPSA) is 57.0 Å². The summed E-state index contributed by atoms with van der Waals surface area (Å²) in [6.45, 7) is 5.60. The van der Waals surface area contributed by atoms with Gasteiger partial charge < -0.3 is 9.47 Å².